The Hall–Kier alpha value is -3.46. The summed E-state index contributed by atoms with van der Waals surface area (Å²) in [6, 6.07) is 9.52. The van der Waals surface area contributed by atoms with E-state index in [1.807, 2.05) is 41.0 Å². The standard InChI is InChI=1S/C27H28F3N5O3S/c1-2-23(36)33-12-8-20(9-13-33)38-19-6-4-17(5-7-19)35-25(39)34(24(37)26(35)10-3-11-26)18-14-21(27(28,29)30)22(15-31)32-16-18/h4-7,14,16,20,25,39H,2-3,8-13H2,1H3. The molecule has 39 heavy (non-hydrogen) atoms. The van der Waals surface area contributed by atoms with Gasteiger partial charge in [0, 0.05) is 38.0 Å². The number of rotatable bonds is 5. The Labute approximate surface area is 229 Å². The summed E-state index contributed by atoms with van der Waals surface area (Å²) in [4.78, 5) is 34.2. The van der Waals surface area contributed by atoms with E-state index in [2.05, 4.69) is 17.6 Å². The summed E-state index contributed by atoms with van der Waals surface area (Å²) in [6.45, 7) is 3.17. The number of hydrogen-bond acceptors (Lipinski definition) is 7. The molecule has 3 fully saturated rings. The second-order valence-corrected chi connectivity index (χ2v) is 10.5. The van der Waals surface area contributed by atoms with Gasteiger partial charge in [-0.05, 0) is 49.6 Å². The molecule has 2 saturated heterocycles. The quantitative estimate of drug-likeness (QED) is 0.533. The number of alkyl halides is 3. The molecule has 206 valence electrons. The predicted molar refractivity (Wildman–Crippen MR) is 140 cm³/mol. The Morgan fingerprint density at radius 2 is 1.87 bits per heavy atom. The van der Waals surface area contributed by atoms with Crippen LogP contribution in [0.1, 0.15) is 56.7 Å². The number of carbonyl (C=O) groups is 2. The van der Waals surface area contributed by atoms with Gasteiger partial charge in [-0.25, -0.2) is 4.98 Å². The van der Waals surface area contributed by atoms with Crippen LogP contribution in [0.4, 0.5) is 24.5 Å². The van der Waals surface area contributed by atoms with Crippen LogP contribution in [-0.2, 0) is 15.8 Å². The van der Waals surface area contributed by atoms with Crippen molar-refractivity contribution in [1.29, 1.82) is 5.26 Å². The molecule has 1 aromatic carbocycles. The summed E-state index contributed by atoms with van der Waals surface area (Å²) in [6.07, 6.45) is 0.162. The Morgan fingerprint density at radius 1 is 1.21 bits per heavy atom. The van der Waals surface area contributed by atoms with E-state index in [1.54, 1.807) is 0 Å². The molecule has 8 nitrogen and oxygen atoms in total. The fourth-order valence-electron chi connectivity index (χ4n) is 5.58. The summed E-state index contributed by atoms with van der Waals surface area (Å²) < 4.78 is 46.9. The lowest BCUT2D eigenvalue weighted by atomic mass is 9.75. The van der Waals surface area contributed by atoms with Crippen molar-refractivity contribution in [2.45, 2.75) is 68.8 Å². The number of amides is 2. The van der Waals surface area contributed by atoms with Crippen LogP contribution in [0.5, 0.6) is 5.75 Å². The van der Waals surface area contributed by atoms with Gasteiger partial charge in [-0.1, -0.05) is 6.92 Å². The van der Waals surface area contributed by atoms with Crippen molar-refractivity contribution in [2.24, 2.45) is 0 Å². The molecule has 3 aliphatic rings. The number of thiol groups is 1. The Kier molecular flexibility index (Phi) is 7.13. The molecule has 3 heterocycles. The Balaban J connectivity index is 1.36. The van der Waals surface area contributed by atoms with Gasteiger partial charge in [-0.15, -0.1) is 12.6 Å². The molecule has 2 amide bonds. The van der Waals surface area contributed by atoms with Crippen LogP contribution in [-0.4, -0.2) is 51.9 Å². The van der Waals surface area contributed by atoms with Gasteiger partial charge in [0.1, 0.15) is 23.5 Å². The second-order valence-electron chi connectivity index (χ2n) is 10.0. The highest BCUT2D eigenvalue weighted by Gasteiger charge is 2.60. The third-order valence-corrected chi connectivity index (χ3v) is 8.26. The van der Waals surface area contributed by atoms with Gasteiger partial charge in [0.25, 0.3) is 5.91 Å². The van der Waals surface area contributed by atoms with Crippen LogP contribution < -0.4 is 14.5 Å². The number of likely N-dealkylation sites (tertiary alicyclic amines) is 1. The second kappa shape index (κ2) is 10.3. The topological polar surface area (TPSA) is 89.8 Å². The van der Waals surface area contributed by atoms with Gasteiger partial charge >= 0.3 is 6.18 Å². The molecule has 1 aromatic heterocycles. The molecule has 0 bridgehead atoms. The van der Waals surface area contributed by atoms with E-state index in [0.29, 0.717) is 43.8 Å². The third-order valence-electron chi connectivity index (χ3n) is 7.80. The summed E-state index contributed by atoms with van der Waals surface area (Å²) >= 11 is 4.68. The molecular formula is C27H28F3N5O3S. The molecule has 0 N–H and O–H groups in total. The maximum absolute atomic E-state index is 13.7. The lowest BCUT2D eigenvalue weighted by Gasteiger charge is -2.44. The van der Waals surface area contributed by atoms with E-state index in [0.717, 1.165) is 31.5 Å². The number of pyridine rings is 1. The third kappa shape index (κ3) is 4.77. The number of halogens is 3. The molecule has 1 unspecified atom stereocenters. The number of nitrogens with zero attached hydrogens (tertiary/aromatic N) is 5. The van der Waals surface area contributed by atoms with E-state index < -0.39 is 28.5 Å². The van der Waals surface area contributed by atoms with Crippen LogP contribution in [0.3, 0.4) is 0 Å². The number of anilines is 2. The fraction of sp³-hybridized carbons (Fsp3) is 0.481. The first-order chi connectivity index (χ1) is 18.6. The number of nitriles is 1. The van der Waals surface area contributed by atoms with Gasteiger partial charge in [0.2, 0.25) is 5.91 Å². The summed E-state index contributed by atoms with van der Waals surface area (Å²) in [5.41, 5.74) is -3.10. The first-order valence-corrected chi connectivity index (χ1v) is 13.4. The highest BCUT2D eigenvalue weighted by Crippen LogP contribution is 2.50. The molecule has 2 aliphatic heterocycles. The average Bonchev–Trinajstić information content (AvgIpc) is 3.14. The summed E-state index contributed by atoms with van der Waals surface area (Å²) in [5.74, 6) is 0.456. The highest BCUT2D eigenvalue weighted by molar-refractivity contribution is 7.81. The SMILES string of the molecule is CCC(=O)N1CCC(Oc2ccc(N3C(S)N(c4cnc(C#N)c(C(F)(F)F)c4)C(=O)C34CCC4)cc2)CC1. The van der Waals surface area contributed by atoms with Crippen molar-refractivity contribution in [3.8, 4) is 11.8 Å². The van der Waals surface area contributed by atoms with Crippen molar-refractivity contribution >= 4 is 35.8 Å². The molecule has 1 saturated carbocycles. The molecule has 1 spiro atoms. The van der Waals surface area contributed by atoms with E-state index >= 15 is 0 Å². The molecule has 0 radical (unpaired) electrons. The first-order valence-electron chi connectivity index (χ1n) is 12.9. The zero-order valence-corrected chi connectivity index (χ0v) is 22.2. The van der Waals surface area contributed by atoms with Crippen molar-refractivity contribution in [2.75, 3.05) is 22.9 Å². The van der Waals surface area contributed by atoms with Gasteiger partial charge < -0.3 is 14.5 Å². The number of hydrogen-bond donors (Lipinski definition) is 1. The van der Waals surface area contributed by atoms with Gasteiger partial charge in [0.05, 0.1) is 17.4 Å². The largest absolute Gasteiger partial charge is 0.490 e. The molecule has 1 atom stereocenters. The summed E-state index contributed by atoms with van der Waals surface area (Å²) in [5, 5.41) is 9.09. The number of aromatic nitrogens is 1. The van der Waals surface area contributed by atoms with Crippen LogP contribution in [0.2, 0.25) is 0 Å². The first kappa shape index (κ1) is 27.1. The van der Waals surface area contributed by atoms with Crippen molar-refractivity contribution in [1.82, 2.24) is 9.88 Å². The smallest absolute Gasteiger partial charge is 0.419 e. The molecule has 2 aromatic rings. The number of carbonyl (C=O) groups excluding carboxylic acids is 2. The van der Waals surface area contributed by atoms with Crippen molar-refractivity contribution < 1.29 is 27.5 Å². The number of benzene rings is 1. The van der Waals surface area contributed by atoms with Gasteiger partial charge in [-0.3, -0.25) is 14.5 Å². The molecular weight excluding hydrogens is 531 g/mol. The van der Waals surface area contributed by atoms with Gasteiger partial charge in [-0.2, -0.15) is 18.4 Å². The monoisotopic (exact) mass is 559 g/mol. The van der Waals surface area contributed by atoms with Crippen LogP contribution in [0.25, 0.3) is 0 Å². The fourth-order valence-corrected chi connectivity index (χ4v) is 6.17. The van der Waals surface area contributed by atoms with E-state index in [-0.39, 0.29) is 23.6 Å². The lowest BCUT2D eigenvalue weighted by molar-refractivity contribution is -0.138. The zero-order chi connectivity index (χ0) is 27.9. The summed E-state index contributed by atoms with van der Waals surface area (Å²) in [7, 11) is 0. The minimum atomic E-state index is -4.80. The van der Waals surface area contributed by atoms with Gasteiger partial charge in [0.15, 0.2) is 11.2 Å². The van der Waals surface area contributed by atoms with Crippen molar-refractivity contribution in [3.05, 3.63) is 47.8 Å². The maximum atomic E-state index is 13.7. The Morgan fingerprint density at radius 3 is 2.41 bits per heavy atom. The lowest BCUT2D eigenvalue weighted by Crippen LogP contribution is -2.55. The molecule has 1 aliphatic carbocycles. The number of piperidine rings is 1. The normalized spacial score (nSPS) is 21.2. The zero-order valence-electron chi connectivity index (χ0n) is 21.3. The number of ether oxygens (including phenoxy) is 1. The van der Waals surface area contributed by atoms with E-state index in [1.165, 1.54) is 11.0 Å². The Bertz CT molecular complexity index is 1300. The predicted octanol–water partition coefficient (Wildman–Crippen LogP) is 4.74. The van der Waals surface area contributed by atoms with E-state index in [4.69, 9.17) is 10.00 Å². The maximum Gasteiger partial charge on any atom is 0.419 e. The van der Waals surface area contributed by atoms with Crippen LogP contribution >= 0.6 is 12.6 Å². The highest BCUT2D eigenvalue weighted by atomic mass is 32.1. The minimum absolute atomic E-state index is 0.0112. The van der Waals surface area contributed by atoms with Crippen LogP contribution in [0.15, 0.2) is 36.5 Å². The van der Waals surface area contributed by atoms with E-state index in [9.17, 15) is 22.8 Å². The molecule has 12 heteroatoms. The van der Waals surface area contributed by atoms with Crippen LogP contribution in [0, 0.1) is 11.3 Å². The average molecular weight is 560 g/mol. The minimum Gasteiger partial charge on any atom is -0.490 e. The van der Waals surface area contributed by atoms with Crippen molar-refractivity contribution in [3.63, 3.8) is 0 Å². The molecule has 5 rings (SSSR count).